The summed E-state index contributed by atoms with van der Waals surface area (Å²) in [6.07, 6.45) is 0. The molecule has 0 aliphatic heterocycles. The number of hydrogen-bond acceptors (Lipinski definition) is 6. The van der Waals surface area contributed by atoms with Gasteiger partial charge < -0.3 is 14.9 Å². The average Bonchev–Trinajstić information content (AvgIpc) is 2.21. The number of amides is 1. The average molecular weight is 233 g/mol. The third kappa shape index (κ3) is 6.78. The molecule has 0 saturated heterocycles. The molecule has 0 spiro atoms. The summed E-state index contributed by atoms with van der Waals surface area (Å²) in [5.74, 6) is -0.219. The lowest BCUT2D eigenvalue weighted by Gasteiger charge is -2.03. The van der Waals surface area contributed by atoms with E-state index < -0.39 is 5.97 Å². The monoisotopic (exact) mass is 233 g/mol. The van der Waals surface area contributed by atoms with E-state index in [1.165, 1.54) is 14.0 Å². The summed E-state index contributed by atoms with van der Waals surface area (Å²) >= 11 is 1.12. The zero-order chi connectivity index (χ0) is 11.7. The predicted octanol–water partition coefficient (Wildman–Crippen LogP) is 0.150. The lowest BCUT2D eigenvalue weighted by Crippen LogP contribution is -2.23. The Kier molecular flexibility index (Phi) is 7.43. The molecule has 15 heavy (non-hydrogen) atoms. The van der Waals surface area contributed by atoms with E-state index in [0.717, 1.165) is 11.8 Å². The third-order valence-corrected chi connectivity index (χ3v) is 2.15. The molecule has 85 valence electrons. The second-order valence-electron chi connectivity index (χ2n) is 2.35. The fourth-order valence-electron chi connectivity index (χ4n) is 0.643. The zero-order valence-corrected chi connectivity index (χ0v) is 9.43. The largest absolute Gasteiger partial charge is 0.464 e. The van der Waals surface area contributed by atoms with Gasteiger partial charge in [0.25, 0.3) is 0 Å². The van der Waals surface area contributed by atoms with Gasteiger partial charge in [0.15, 0.2) is 7.11 Å². The van der Waals surface area contributed by atoms with E-state index in [0.29, 0.717) is 12.3 Å². The number of nitrogens with one attached hydrogen (secondary N) is 1. The molecule has 0 aliphatic carbocycles. The van der Waals surface area contributed by atoms with E-state index in [4.69, 9.17) is 0 Å². The summed E-state index contributed by atoms with van der Waals surface area (Å²) in [5.41, 5.74) is 0. The van der Waals surface area contributed by atoms with Gasteiger partial charge in [-0.25, -0.2) is 4.79 Å². The molecule has 0 atom stereocenters. The molecule has 7 heteroatoms. The van der Waals surface area contributed by atoms with Crippen LogP contribution in [0.5, 0.6) is 0 Å². The molecule has 0 aromatic carbocycles. The van der Waals surface area contributed by atoms with E-state index in [1.807, 2.05) is 0 Å². The van der Waals surface area contributed by atoms with Crippen molar-refractivity contribution in [3.05, 3.63) is 7.11 Å². The van der Waals surface area contributed by atoms with Crippen LogP contribution in [0.15, 0.2) is 5.16 Å². The molecule has 0 unspecified atom stereocenters. The fourth-order valence-corrected chi connectivity index (χ4v) is 1.35. The number of oxime groups is 1. The van der Waals surface area contributed by atoms with Gasteiger partial charge in [0.05, 0.1) is 7.11 Å². The number of carbonyl (C=O) groups is 2. The lowest BCUT2D eigenvalue weighted by atomic mass is 10.6. The molecular weight excluding hydrogens is 220 g/mol. The molecule has 1 N–H and O–H groups in total. The molecule has 0 heterocycles. The molecule has 1 amide bonds. The Balaban J connectivity index is 3.93. The van der Waals surface area contributed by atoms with Crippen molar-refractivity contribution in [2.75, 3.05) is 19.4 Å². The molecule has 0 saturated carbocycles. The number of hydrogen-bond donors (Lipinski definition) is 1. The highest BCUT2D eigenvalue weighted by Crippen LogP contribution is 2.05. The van der Waals surface area contributed by atoms with Crippen LogP contribution in [0.3, 0.4) is 0 Å². The van der Waals surface area contributed by atoms with Crippen LogP contribution in [0.4, 0.5) is 0 Å². The minimum atomic E-state index is -0.591. The van der Waals surface area contributed by atoms with Crippen molar-refractivity contribution in [3.8, 4) is 0 Å². The number of ether oxygens (including phenoxy) is 1. The quantitative estimate of drug-likeness (QED) is 0.246. The molecular formula is C8H13N2O4S. The first kappa shape index (κ1) is 13.8. The summed E-state index contributed by atoms with van der Waals surface area (Å²) in [7, 11) is 4.27. The molecule has 6 nitrogen and oxygen atoms in total. The van der Waals surface area contributed by atoms with E-state index in [1.54, 1.807) is 0 Å². The molecule has 0 aliphatic rings. The number of carbonyl (C=O) groups excluding carboxylic acids is 2. The first-order chi connectivity index (χ1) is 7.11. The van der Waals surface area contributed by atoms with Gasteiger partial charge in [0.2, 0.25) is 11.0 Å². The van der Waals surface area contributed by atoms with Gasteiger partial charge in [-0.3, -0.25) is 4.79 Å². The number of thioether (sulfide) groups is 1. The summed E-state index contributed by atoms with van der Waals surface area (Å²) in [5, 5.41) is 6.04. The van der Waals surface area contributed by atoms with Crippen molar-refractivity contribution in [2.24, 2.45) is 5.16 Å². The highest BCUT2D eigenvalue weighted by Gasteiger charge is 2.12. The normalized spacial score (nSPS) is 10.7. The number of methoxy groups -OCH3 is 1. The molecule has 1 radical (unpaired) electrons. The number of esters is 1. The van der Waals surface area contributed by atoms with Gasteiger partial charge in [0, 0.05) is 19.2 Å². The lowest BCUT2D eigenvalue weighted by molar-refractivity contribution is -0.132. The van der Waals surface area contributed by atoms with Crippen LogP contribution in [0.25, 0.3) is 0 Å². The summed E-state index contributed by atoms with van der Waals surface area (Å²) < 4.78 is 4.46. The predicted molar refractivity (Wildman–Crippen MR) is 57.0 cm³/mol. The highest BCUT2D eigenvalue weighted by atomic mass is 32.2. The van der Waals surface area contributed by atoms with Crippen molar-refractivity contribution in [2.45, 2.75) is 6.92 Å². The molecule has 0 bridgehead atoms. The maximum atomic E-state index is 11.1. The molecule has 0 aromatic heterocycles. The van der Waals surface area contributed by atoms with E-state index >= 15 is 0 Å². The Hall–Kier alpha value is -1.24. The number of rotatable bonds is 4. The van der Waals surface area contributed by atoms with Crippen molar-refractivity contribution >= 4 is 28.7 Å². The van der Waals surface area contributed by atoms with Gasteiger partial charge in [-0.1, -0.05) is 16.9 Å². The first-order valence-corrected chi connectivity index (χ1v) is 5.05. The third-order valence-electron chi connectivity index (χ3n) is 1.22. The smallest absolute Gasteiger partial charge is 0.366 e. The van der Waals surface area contributed by atoms with Crippen LogP contribution < -0.4 is 5.32 Å². The Bertz CT molecular complexity index is 255. The molecule has 0 rings (SSSR count). The maximum Gasteiger partial charge on any atom is 0.366 e. The minimum Gasteiger partial charge on any atom is -0.464 e. The van der Waals surface area contributed by atoms with Crippen molar-refractivity contribution in [3.63, 3.8) is 0 Å². The van der Waals surface area contributed by atoms with Gasteiger partial charge in [-0.05, 0) is 0 Å². The highest BCUT2D eigenvalue weighted by molar-refractivity contribution is 8.15. The topological polar surface area (TPSA) is 77.0 Å². The van der Waals surface area contributed by atoms with E-state index in [-0.39, 0.29) is 11.0 Å². The number of nitrogens with zero attached hydrogens (tertiary/aromatic N) is 1. The second kappa shape index (κ2) is 8.10. The summed E-state index contributed by atoms with van der Waals surface area (Å²) in [6.45, 7) is 1.85. The van der Waals surface area contributed by atoms with Crippen molar-refractivity contribution in [1.29, 1.82) is 0 Å². The van der Waals surface area contributed by atoms with Crippen LogP contribution in [0.2, 0.25) is 0 Å². The van der Waals surface area contributed by atoms with E-state index in [9.17, 15) is 9.59 Å². The minimum absolute atomic E-state index is 0.0675. The van der Waals surface area contributed by atoms with Crippen LogP contribution in [-0.4, -0.2) is 36.3 Å². The van der Waals surface area contributed by atoms with E-state index in [2.05, 4.69) is 27.2 Å². The zero-order valence-electron chi connectivity index (χ0n) is 8.61. The van der Waals surface area contributed by atoms with Gasteiger partial charge in [-0.2, -0.15) is 0 Å². The van der Waals surface area contributed by atoms with Crippen molar-refractivity contribution < 1.29 is 19.2 Å². The first-order valence-electron chi connectivity index (χ1n) is 4.06. The SMILES string of the molecule is [CH2]O/N=C(/SCCNC(C)=O)C(=O)OC. The summed E-state index contributed by atoms with van der Waals surface area (Å²) in [4.78, 5) is 25.8. The second-order valence-corrected chi connectivity index (χ2v) is 3.43. The Morgan fingerprint density at radius 2 is 2.20 bits per heavy atom. The van der Waals surface area contributed by atoms with Crippen LogP contribution in [0.1, 0.15) is 6.92 Å². The van der Waals surface area contributed by atoms with Crippen LogP contribution >= 0.6 is 11.8 Å². The van der Waals surface area contributed by atoms with Gasteiger partial charge in [0.1, 0.15) is 0 Å². The van der Waals surface area contributed by atoms with Crippen LogP contribution in [0, 0.1) is 7.11 Å². The maximum absolute atomic E-state index is 11.1. The van der Waals surface area contributed by atoms with Crippen molar-refractivity contribution in [1.82, 2.24) is 5.32 Å². The standard InChI is InChI=1S/C8H13N2O4S/c1-6(11)9-4-5-15-7(10-14-3)8(12)13-2/h3-5H2,1-2H3,(H,9,11)/b10-7+. The van der Waals surface area contributed by atoms with Crippen LogP contribution in [-0.2, 0) is 19.2 Å². The Morgan fingerprint density at radius 1 is 1.53 bits per heavy atom. The Morgan fingerprint density at radius 3 is 2.67 bits per heavy atom. The Labute approximate surface area is 92.4 Å². The van der Waals surface area contributed by atoms with Gasteiger partial charge in [-0.15, -0.1) is 0 Å². The fraction of sp³-hybridized carbons (Fsp3) is 0.500. The molecule has 0 fully saturated rings. The molecule has 0 aromatic rings. The summed E-state index contributed by atoms with van der Waals surface area (Å²) in [6, 6.07) is 0. The van der Waals surface area contributed by atoms with Gasteiger partial charge >= 0.3 is 5.97 Å².